The van der Waals surface area contributed by atoms with Crippen LogP contribution in [-0.4, -0.2) is 55.4 Å². The topological polar surface area (TPSA) is 59.1 Å². The number of anilines is 1. The first-order valence-corrected chi connectivity index (χ1v) is 15.4. The van der Waals surface area contributed by atoms with Crippen molar-refractivity contribution in [3.63, 3.8) is 0 Å². The predicted octanol–water partition coefficient (Wildman–Crippen LogP) is 7.49. The van der Waals surface area contributed by atoms with E-state index in [-0.39, 0.29) is 24.2 Å². The molecule has 0 saturated heterocycles. The second-order valence-corrected chi connectivity index (χ2v) is 10.7. The summed E-state index contributed by atoms with van der Waals surface area (Å²) >= 11 is 1.41. The number of benzene rings is 3. The number of alkyl halides is 3. The van der Waals surface area contributed by atoms with Crippen LogP contribution >= 0.6 is 11.8 Å². The minimum absolute atomic E-state index is 0.218. The summed E-state index contributed by atoms with van der Waals surface area (Å²) in [5.74, 6) is 0.284. The molecule has 0 aliphatic carbocycles. The van der Waals surface area contributed by atoms with Crippen molar-refractivity contribution >= 4 is 29.3 Å². The smallest absolute Gasteiger partial charge is 0.416 e. The summed E-state index contributed by atoms with van der Waals surface area (Å²) in [6.45, 7) is 12.8. The summed E-state index contributed by atoms with van der Waals surface area (Å²) in [7, 11) is 0. The Hall–Kier alpha value is -3.50. The van der Waals surface area contributed by atoms with Crippen molar-refractivity contribution in [3.8, 4) is 5.75 Å². The van der Waals surface area contributed by atoms with Crippen molar-refractivity contribution in [3.05, 3.63) is 89.0 Å². The molecule has 4 rings (SSSR count). The number of rotatable bonds is 12. The number of esters is 1. The van der Waals surface area contributed by atoms with Crippen molar-refractivity contribution in [1.82, 2.24) is 4.90 Å². The van der Waals surface area contributed by atoms with Gasteiger partial charge in [0.2, 0.25) is 0 Å². The lowest BCUT2D eigenvalue weighted by Crippen LogP contribution is -2.23. The fourth-order valence-corrected chi connectivity index (χ4v) is 5.34. The van der Waals surface area contributed by atoms with E-state index in [1.165, 1.54) is 48.4 Å². The van der Waals surface area contributed by atoms with Gasteiger partial charge < -0.3 is 19.3 Å². The first kappa shape index (κ1) is 34.0. The van der Waals surface area contributed by atoms with Crippen molar-refractivity contribution in [2.75, 3.05) is 43.5 Å². The van der Waals surface area contributed by atoms with Crippen LogP contribution in [0, 0.1) is 0 Å². The van der Waals surface area contributed by atoms with E-state index in [1.54, 1.807) is 25.1 Å². The normalized spacial score (nSPS) is 12.6. The Morgan fingerprint density at radius 3 is 2.23 bits per heavy atom. The molecule has 0 fully saturated rings. The summed E-state index contributed by atoms with van der Waals surface area (Å²) < 4.78 is 49.6. The van der Waals surface area contributed by atoms with E-state index in [1.807, 2.05) is 24.3 Å². The summed E-state index contributed by atoms with van der Waals surface area (Å²) in [6.07, 6.45) is -3.81. The number of carbonyl (C=O) groups is 2. The zero-order chi connectivity index (χ0) is 31.4. The van der Waals surface area contributed by atoms with Gasteiger partial charge in [0.15, 0.2) is 0 Å². The summed E-state index contributed by atoms with van der Waals surface area (Å²) in [4.78, 5) is 29.3. The van der Waals surface area contributed by atoms with E-state index in [4.69, 9.17) is 9.47 Å². The molecule has 0 aromatic heterocycles. The molecule has 1 aliphatic rings. The zero-order valence-electron chi connectivity index (χ0n) is 25.1. The Balaban J connectivity index is 0.000000646. The first-order chi connectivity index (χ1) is 20.6. The maximum Gasteiger partial charge on any atom is 0.416 e. The van der Waals surface area contributed by atoms with Gasteiger partial charge in [-0.2, -0.15) is 13.2 Å². The van der Waals surface area contributed by atoms with E-state index >= 15 is 0 Å². The third-order valence-electron chi connectivity index (χ3n) is 6.98. The number of hydrogen-bond donors (Lipinski definition) is 0. The van der Waals surface area contributed by atoms with Gasteiger partial charge in [0.25, 0.3) is 5.91 Å². The van der Waals surface area contributed by atoms with E-state index in [2.05, 4.69) is 25.7 Å². The highest BCUT2D eigenvalue weighted by Crippen LogP contribution is 2.36. The van der Waals surface area contributed by atoms with E-state index in [0.29, 0.717) is 42.2 Å². The largest absolute Gasteiger partial charge is 0.493 e. The molecule has 10 heteroatoms. The number of fused-ring (bicyclic) bond motifs is 1. The number of hydrogen-bond acceptors (Lipinski definition) is 6. The fraction of sp³-hybridized carbons (Fsp3) is 0.394. The van der Waals surface area contributed by atoms with Crippen LogP contribution in [-0.2, 0) is 28.7 Å². The molecule has 1 heterocycles. The van der Waals surface area contributed by atoms with Crippen molar-refractivity contribution in [2.24, 2.45) is 0 Å². The highest BCUT2D eigenvalue weighted by Gasteiger charge is 2.33. The summed E-state index contributed by atoms with van der Waals surface area (Å²) in [5, 5.41) is 0. The molecule has 232 valence electrons. The van der Waals surface area contributed by atoms with Gasteiger partial charge in [-0.25, -0.2) is 0 Å². The quantitative estimate of drug-likeness (QED) is 0.155. The molecule has 0 unspecified atom stereocenters. The third kappa shape index (κ3) is 9.76. The van der Waals surface area contributed by atoms with Gasteiger partial charge in [0.1, 0.15) is 5.75 Å². The van der Waals surface area contributed by atoms with Crippen molar-refractivity contribution in [2.45, 2.75) is 51.7 Å². The first-order valence-electron chi connectivity index (χ1n) is 14.4. The van der Waals surface area contributed by atoms with Crippen molar-refractivity contribution < 1.29 is 32.2 Å². The van der Waals surface area contributed by atoms with Gasteiger partial charge in [-0.15, -0.1) is 11.8 Å². The average Bonchev–Trinajstić information content (AvgIpc) is 3.34. The molecule has 0 saturated carbocycles. The maximum absolute atomic E-state index is 12.9. The van der Waals surface area contributed by atoms with E-state index in [0.717, 1.165) is 22.6 Å². The van der Waals surface area contributed by atoms with Gasteiger partial charge >= 0.3 is 12.1 Å². The molecule has 3 aromatic rings. The molecule has 0 atom stereocenters. The van der Waals surface area contributed by atoms with Crippen LogP contribution in [0.5, 0.6) is 5.75 Å². The lowest BCUT2D eigenvalue weighted by atomic mass is 10.1. The lowest BCUT2D eigenvalue weighted by molar-refractivity contribution is -0.140. The Bertz CT molecular complexity index is 1340. The highest BCUT2D eigenvalue weighted by molar-refractivity contribution is 8.00. The highest BCUT2D eigenvalue weighted by atomic mass is 32.2. The minimum Gasteiger partial charge on any atom is -0.493 e. The summed E-state index contributed by atoms with van der Waals surface area (Å²) in [6, 6.07) is 17.6. The molecule has 43 heavy (non-hydrogen) atoms. The molecular weight excluding hydrogens is 577 g/mol. The monoisotopic (exact) mass is 616 g/mol. The van der Waals surface area contributed by atoms with Crippen LogP contribution < -0.4 is 9.64 Å². The van der Waals surface area contributed by atoms with E-state index < -0.39 is 11.7 Å². The zero-order valence-corrected chi connectivity index (χ0v) is 25.9. The Morgan fingerprint density at radius 2 is 1.63 bits per heavy atom. The standard InChI is InChI=1S/C27H24F3NO4S.C6H15N/c1-2-34-25(32)17-36-21-6-3-5-18(15-21)13-14-35-24-8-4-7-22-23(24)16-31(26(22)33)20-11-9-19(10-12-20)27(28,29)30;1-4-7(5-2)6-3/h3-12,15H,2,13-14,16-17H2,1H3;4-6H2,1-3H3. The molecule has 6 nitrogen and oxygen atoms in total. The lowest BCUT2D eigenvalue weighted by Gasteiger charge is -2.17. The van der Waals surface area contributed by atoms with Crippen LogP contribution in [0.2, 0.25) is 0 Å². The molecule has 0 N–H and O–H groups in total. The van der Waals surface area contributed by atoms with Crippen LogP contribution in [0.4, 0.5) is 18.9 Å². The van der Waals surface area contributed by atoms with Crippen LogP contribution in [0.25, 0.3) is 0 Å². The number of thioether (sulfide) groups is 1. The number of amides is 1. The van der Waals surface area contributed by atoms with Gasteiger partial charge in [-0.05, 0) is 80.7 Å². The van der Waals surface area contributed by atoms with E-state index in [9.17, 15) is 22.8 Å². The third-order valence-corrected chi connectivity index (χ3v) is 7.95. The predicted molar refractivity (Wildman–Crippen MR) is 165 cm³/mol. The minimum atomic E-state index is -4.43. The Kier molecular flexibility index (Phi) is 12.9. The molecular formula is C33H39F3N2O4S. The number of carbonyl (C=O) groups excluding carboxylic acids is 2. The average molecular weight is 617 g/mol. The molecule has 1 amide bonds. The number of nitrogens with zero attached hydrogens (tertiary/aromatic N) is 2. The maximum atomic E-state index is 12.9. The van der Waals surface area contributed by atoms with Gasteiger partial charge in [-0.3, -0.25) is 9.59 Å². The molecule has 0 spiro atoms. The van der Waals surface area contributed by atoms with Gasteiger partial charge in [0, 0.05) is 28.1 Å². The number of ether oxygens (including phenoxy) is 2. The summed E-state index contributed by atoms with van der Waals surface area (Å²) in [5.41, 5.74) is 1.86. The van der Waals surface area contributed by atoms with Gasteiger partial charge in [-0.1, -0.05) is 39.0 Å². The SMILES string of the molecule is CCN(CC)CC.CCOC(=O)CSc1cccc(CCOc2cccc3c2CN(c2ccc(C(F)(F)F)cc2)C3=O)c1. The Morgan fingerprint density at radius 1 is 0.953 bits per heavy atom. The van der Waals surface area contributed by atoms with Crippen LogP contribution in [0.3, 0.4) is 0 Å². The molecule has 3 aromatic carbocycles. The Labute approximate surface area is 256 Å². The van der Waals surface area contributed by atoms with Crippen LogP contribution in [0.1, 0.15) is 54.7 Å². The van der Waals surface area contributed by atoms with Crippen molar-refractivity contribution in [1.29, 1.82) is 0 Å². The second kappa shape index (κ2) is 16.4. The number of halogens is 3. The molecule has 0 bridgehead atoms. The van der Waals surface area contributed by atoms with Crippen LogP contribution in [0.15, 0.2) is 71.6 Å². The fourth-order valence-electron chi connectivity index (χ4n) is 4.56. The van der Waals surface area contributed by atoms with Gasteiger partial charge in [0.05, 0.1) is 31.1 Å². The molecule has 0 radical (unpaired) electrons. The second-order valence-electron chi connectivity index (χ2n) is 9.68. The molecule has 1 aliphatic heterocycles.